The van der Waals surface area contributed by atoms with Crippen LogP contribution in [0.2, 0.25) is 0 Å². The number of hydrogen-bond acceptors (Lipinski definition) is 1. The first kappa shape index (κ1) is 13.2. The van der Waals surface area contributed by atoms with Gasteiger partial charge in [0.15, 0.2) is 0 Å². The van der Waals surface area contributed by atoms with Gasteiger partial charge in [-0.15, -0.1) is 0 Å². The van der Waals surface area contributed by atoms with Gasteiger partial charge in [0.25, 0.3) is 0 Å². The molecule has 1 atom stereocenters. The van der Waals surface area contributed by atoms with Crippen molar-refractivity contribution in [3.8, 4) is 0 Å². The van der Waals surface area contributed by atoms with E-state index in [9.17, 15) is 4.39 Å². The average molecular weight is 308 g/mol. The minimum atomic E-state index is -0.308. The van der Waals surface area contributed by atoms with Crippen molar-refractivity contribution in [1.82, 2.24) is 0 Å². The number of rotatable bonds is 2. The molecule has 2 rings (SSSR count). The van der Waals surface area contributed by atoms with E-state index in [-0.39, 0.29) is 11.9 Å². The third-order valence-electron chi connectivity index (χ3n) is 3.20. The standard InChI is InChI=1S/C15H15BrFN/c1-9-6-7-11(8-14(9)17)15(18)12-4-3-5-13(16)10(12)2/h3-8,15H,18H2,1-2H3. The van der Waals surface area contributed by atoms with E-state index in [1.807, 2.05) is 31.2 Å². The van der Waals surface area contributed by atoms with Crippen LogP contribution in [0.1, 0.15) is 28.3 Å². The van der Waals surface area contributed by atoms with Crippen LogP contribution in [0.4, 0.5) is 4.39 Å². The lowest BCUT2D eigenvalue weighted by atomic mass is 9.95. The Morgan fingerprint density at radius 2 is 1.89 bits per heavy atom. The van der Waals surface area contributed by atoms with E-state index in [1.54, 1.807) is 13.0 Å². The molecule has 94 valence electrons. The molecule has 1 nitrogen and oxygen atoms in total. The molecule has 0 amide bonds. The average Bonchev–Trinajstić information content (AvgIpc) is 2.35. The molecule has 0 aliphatic carbocycles. The molecule has 1 unspecified atom stereocenters. The summed E-state index contributed by atoms with van der Waals surface area (Å²) in [7, 11) is 0. The monoisotopic (exact) mass is 307 g/mol. The highest BCUT2D eigenvalue weighted by atomic mass is 79.9. The van der Waals surface area contributed by atoms with E-state index in [1.165, 1.54) is 6.07 Å². The minimum absolute atomic E-state index is 0.212. The van der Waals surface area contributed by atoms with Crippen molar-refractivity contribution in [2.45, 2.75) is 19.9 Å². The molecule has 2 aromatic rings. The first-order chi connectivity index (χ1) is 8.50. The van der Waals surface area contributed by atoms with E-state index in [0.29, 0.717) is 5.56 Å². The third-order valence-corrected chi connectivity index (χ3v) is 4.06. The molecular weight excluding hydrogens is 293 g/mol. The highest BCUT2D eigenvalue weighted by Crippen LogP contribution is 2.28. The normalized spacial score (nSPS) is 12.5. The summed E-state index contributed by atoms with van der Waals surface area (Å²) in [6, 6.07) is 10.7. The zero-order chi connectivity index (χ0) is 13.3. The van der Waals surface area contributed by atoms with Crippen LogP contribution in [0.5, 0.6) is 0 Å². The molecule has 0 aliphatic heterocycles. The first-order valence-corrected chi connectivity index (χ1v) is 6.56. The van der Waals surface area contributed by atoms with Gasteiger partial charge in [-0.25, -0.2) is 4.39 Å². The molecule has 0 radical (unpaired) electrons. The van der Waals surface area contributed by atoms with E-state index in [2.05, 4.69) is 15.9 Å². The number of hydrogen-bond donors (Lipinski definition) is 1. The lowest BCUT2D eigenvalue weighted by molar-refractivity contribution is 0.614. The predicted octanol–water partition coefficient (Wildman–Crippen LogP) is 4.25. The molecule has 0 saturated carbocycles. The van der Waals surface area contributed by atoms with Gasteiger partial charge in [0, 0.05) is 4.47 Å². The zero-order valence-electron chi connectivity index (χ0n) is 10.4. The second kappa shape index (κ2) is 5.21. The lowest BCUT2D eigenvalue weighted by Crippen LogP contribution is -2.13. The molecular formula is C15H15BrFN. The fraction of sp³-hybridized carbons (Fsp3) is 0.200. The smallest absolute Gasteiger partial charge is 0.126 e. The number of halogens is 2. The summed E-state index contributed by atoms with van der Waals surface area (Å²) < 4.78 is 14.6. The van der Waals surface area contributed by atoms with Crippen molar-refractivity contribution in [2.75, 3.05) is 0 Å². The first-order valence-electron chi connectivity index (χ1n) is 5.77. The van der Waals surface area contributed by atoms with Gasteiger partial charge in [-0.2, -0.15) is 0 Å². The summed E-state index contributed by atoms with van der Waals surface area (Å²) >= 11 is 3.48. The van der Waals surface area contributed by atoms with Gasteiger partial charge in [-0.05, 0) is 48.2 Å². The zero-order valence-corrected chi connectivity index (χ0v) is 12.0. The van der Waals surface area contributed by atoms with Gasteiger partial charge < -0.3 is 5.73 Å². The van der Waals surface area contributed by atoms with Crippen LogP contribution in [-0.2, 0) is 0 Å². The van der Waals surface area contributed by atoms with Gasteiger partial charge >= 0.3 is 0 Å². The highest BCUT2D eigenvalue weighted by Gasteiger charge is 2.13. The maximum absolute atomic E-state index is 13.6. The Bertz CT molecular complexity index is 581. The van der Waals surface area contributed by atoms with Crippen molar-refractivity contribution >= 4 is 15.9 Å². The van der Waals surface area contributed by atoms with Crippen molar-refractivity contribution in [3.63, 3.8) is 0 Å². The van der Waals surface area contributed by atoms with Gasteiger partial charge in [0.1, 0.15) is 5.82 Å². The SMILES string of the molecule is Cc1ccc(C(N)c2cccc(Br)c2C)cc1F. The Kier molecular flexibility index (Phi) is 3.83. The fourth-order valence-electron chi connectivity index (χ4n) is 1.94. The summed E-state index contributed by atoms with van der Waals surface area (Å²) in [5, 5.41) is 0. The maximum atomic E-state index is 13.6. The molecule has 0 aliphatic rings. The highest BCUT2D eigenvalue weighted by molar-refractivity contribution is 9.10. The summed E-state index contributed by atoms with van der Waals surface area (Å²) in [5.41, 5.74) is 9.74. The molecule has 2 aromatic carbocycles. The van der Waals surface area contributed by atoms with Crippen LogP contribution in [-0.4, -0.2) is 0 Å². The predicted molar refractivity (Wildman–Crippen MR) is 76.0 cm³/mol. The van der Waals surface area contributed by atoms with Crippen LogP contribution in [0.3, 0.4) is 0 Å². The molecule has 0 bridgehead atoms. The molecule has 0 saturated heterocycles. The van der Waals surface area contributed by atoms with Gasteiger partial charge in [-0.3, -0.25) is 0 Å². The Labute approximate surface area is 115 Å². The van der Waals surface area contributed by atoms with Crippen LogP contribution in [0.15, 0.2) is 40.9 Å². The Balaban J connectivity index is 2.44. The van der Waals surface area contributed by atoms with Crippen molar-refractivity contribution in [1.29, 1.82) is 0 Å². The van der Waals surface area contributed by atoms with E-state index in [4.69, 9.17) is 5.73 Å². The summed E-state index contributed by atoms with van der Waals surface area (Å²) in [6.07, 6.45) is 0. The third kappa shape index (κ3) is 2.47. The Hall–Kier alpha value is -1.19. The Morgan fingerprint density at radius 1 is 1.17 bits per heavy atom. The fourth-order valence-corrected chi connectivity index (χ4v) is 2.32. The summed E-state index contributed by atoms with van der Waals surface area (Å²) in [5.74, 6) is -0.212. The molecule has 0 spiro atoms. The summed E-state index contributed by atoms with van der Waals surface area (Å²) in [6.45, 7) is 3.75. The van der Waals surface area contributed by atoms with Crippen molar-refractivity contribution in [2.24, 2.45) is 5.73 Å². The van der Waals surface area contributed by atoms with E-state index < -0.39 is 0 Å². The summed E-state index contributed by atoms with van der Waals surface area (Å²) in [4.78, 5) is 0. The van der Waals surface area contributed by atoms with Crippen molar-refractivity contribution < 1.29 is 4.39 Å². The van der Waals surface area contributed by atoms with Crippen LogP contribution < -0.4 is 5.73 Å². The quantitative estimate of drug-likeness (QED) is 0.881. The van der Waals surface area contributed by atoms with E-state index in [0.717, 1.165) is 21.2 Å². The molecule has 0 fully saturated rings. The van der Waals surface area contributed by atoms with Gasteiger partial charge in [-0.1, -0.05) is 40.2 Å². The Morgan fingerprint density at radius 3 is 2.56 bits per heavy atom. The minimum Gasteiger partial charge on any atom is -0.320 e. The molecule has 2 N–H and O–H groups in total. The number of benzene rings is 2. The lowest BCUT2D eigenvalue weighted by Gasteiger charge is -2.16. The second-order valence-corrected chi connectivity index (χ2v) is 5.29. The molecule has 18 heavy (non-hydrogen) atoms. The van der Waals surface area contributed by atoms with Crippen LogP contribution in [0, 0.1) is 19.7 Å². The van der Waals surface area contributed by atoms with Gasteiger partial charge in [0.2, 0.25) is 0 Å². The topological polar surface area (TPSA) is 26.0 Å². The van der Waals surface area contributed by atoms with Crippen LogP contribution >= 0.6 is 15.9 Å². The maximum Gasteiger partial charge on any atom is 0.126 e. The largest absolute Gasteiger partial charge is 0.320 e. The van der Waals surface area contributed by atoms with Gasteiger partial charge in [0.05, 0.1) is 6.04 Å². The molecule has 0 aromatic heterocycles. The number of aryl methyl sites for hydroxylation is 1. The van der Waals surface area contributed by atoms with E-state index >= 15 is 0 Å². The van der Waals surface area contributed by atoms with Crippen molar-refractivity contribution in [3.05, 3.63) is 68.9 Å². The molecule has 3 heteroatoms. The second-order valence-electron chi connectivity index (χ2n) is 4.44. The van der Waals surface area contributed by atoms with Crippen LogP contribution in [0.25, 0.3) is 0 Å². The number of nitrogens with two attached hydrogens (primary N) is 1. The molecule has 0 heterocycles.